The molecule has 0 aliphatic carbocycles. The lowest BCUT2D eigenvalue weighted by atomic mass is 9.79. The maximum Gasteiger partial charge on any atom is 0.244 e. The molecule has 2 aliphatic heterocycles. The van der Waals surface area contributed by atoms with Crippen molar-refractivity contribution in [1.82, 2.24) is 14.7 Å². The molecular weight excluding hydrogens is 386 g/mol. The van der Waals surface area contributed by atoms with Crippen molar-refractivity contribution in [2.24, 2.45) is 11.1 Å². The van der Waals surface area contributed by atoms with Gasteiger partial charge in [-0.2, -0.15) is 5.10 Å². The van der Waals surface area contributed by atoms with Crippen LogP contribution in [0.4, 0.5) is 5.69 Å². The number of rotatable bonds is 5. The van der Waals surface area contributed by atoms with Gasteiger partial charge < -0.3 is 25.4 Å². The number of halogens is 1. The third kappa shape index (κ3) is 5.22. The van der Waals surface area contributed by atoms with Crippen LogP contribution >= 0.6 is 12.4 Å². The number of amides is 2. The number of hydrogen-bond donors (Lipinski definition) is 2. The predicted molar refractivity (Wildman–Crippen MR) is 106 cm³/mol. The van der Waals surface area contributed by atoms with Gasteiger partial charge in [0.25, 0.3) is 0 Å². The average Bonchev–Trinajstić information content (AvgIpc) is 3.08. The summed E-state index contributed by atoms with van der Waals surface area (Å²) < 4.78 is 12.5. The molecule has 2 atom stereocenters. The molecule has 2 amide bonds. The summed E-state index contributed by atoms with van der Waals surface area (Å²) in [6, 6.07) is 0. The first-order chi connectivity index (χ1) is 12.9. The molecule has 2 saturated heterocycles. The fourth-order valence-electron chi connectivity index (χ4n) is 3.68. The number of nitrogens with one attached hydrogen (secondary N) is 1. The van der Waals surface area contributed by atoms with Gasteiger partial charge in [-0.15, -0.1) is 12.4 Å². The number of carbonyl (C=O) groups excluding carboxylic acids is 2. The van der Waals surface area contributed by atoms with Crippen molar-refractivity contribution in [2.75, 3.05) is 38.2 Å². The Morgan fingerprint density at radius 3 is 2.54 bits per heavy atom. The quantitative estimate of drug-likeness (QED) is 0.729. The monoisotopic (exact) mass is 415 g/mol. The number of ether oxygens (including phenoxy) is 2. The summed E-state index contributed by atoms with van der Waals surface area (Å²) in [4.78, 5) is 27.0. The molecule has 3 N–H and O–H groups in total. The van der Waals surface area contributed by atoms with Crippen LogP contribution in [0.25, 0.3) is 0 Å². The maximum absolute atomic E-state index is 12.7. The largest absolute Gasteiger partial charge is 0.381 e. The summed E-state index contributed by atoms with van der Waals surface area (Å²) in [5.41, 5.74) is 5.84. The van der Waals surface area contributed by atoms with Gasteiger partial charge >= 0.3 is 0 Å². The van der Waals surface area contributed by atoms with Gasteiger partial charge in [0.05, 0.1) is 29.5 Å². The first-order valence-electron chi connectivity index (χ1n) is 9.47. The van der Waals surface area contributed by atoms with E-state index in [0.717, 1.165) is 0 Å². The highest BCUT2D eigenvalue weighted by atomic mass is 35.5. The fraction of sp³-hybridized carbons (Fsp3) is 0.722. The predicted octanol–water partition coefficient (Wildman–Crippen LogP) is 0.635. The van der Waals surface area contributed by atoms with E-state index in [1.165, 1.54) is 0 Å². The van der Waals surface area contributed by atoms with E-state index in [1.807, 2.05) is 13.8 Å². The first-order valence-corrected chi connectivity index (χ1v) is 9.47. The van der Waals surface area contributed by atoms with Gasteiger partial charge in [-0.3, -0.25) is 14.3 Å². The molecule has 9 nitrogen and oxygen atoms in total. The molecule has 0 saturated carbocycles. The summed E-state index contributed by atoms with van der Waals surface area (Å²) in [5.74, 6) is -0.129. The minimum Gasteiger partial charge on any atom is -0.381 e. The van der Waals surface area contributed by atoms with Gasteiger partial charge in [0.1, 0.15) is 6.54 Å². The molecule has 0 bridgehead atoms. The van der Waals surface area contributed by atoms with Crippen molar-refractivity contribution in [3.63, 3.8) is 0 Å². The highest BCUT2D eigenvalue weighted by Crippen LogP contribution is 2.30. The Morgan fingerprint density at radius 1 is 1.29 bits per heavy atom. The van der Waals surface area contributed by atoms with Crippen molar-refractivity contribution in [3.8, 4) is 0 Å². The van der Waals surface area contributed by atoms with Crippen LogP contribution in [0.3, 0.4) is 0 Å². The van der Waals surface area contributed by atoms with E-state index in [4.69, 9.17) is 15.2 Å². The lowest BCUT2D eigenvalue weighted by molar-refractivity contribution is -0.144. The number of nitrogens with two attached hydrogens (primary N) is 1. The Balaban J connectivity index is 0.00000280. The van der Waals surface area contributed by atoms with Gasteiger partial charge in [-0.1, -0.05) is 0 Å². The highest BCUT2D eigenvalue weighted by Gasteiger charge is 2.39. The van der Waals surface area contributed by atoms with Crippen LogP contribution in [0.5, 0.6) is 0 Å². The van der Waals surface area contributed by atoms with Crippen LogP contribution in [-0.4, -0.2) is 71.6 Å². The summed E-state index contributed by atoms with van der Waals surface area (Å²) in [7, 11) is 0. The zero-order chi connectivity index (χ0) is 19.4. The SMILES string of the molecule is CC1CN(C(=O)Cn2cc(NC(=O)C3(CN)CCOCC3)cn2)CC(C)O1.Cl. The van der Waals surface area contributed by atoms with Crippen LogP contribution in [0.2, 0.25) is 0 Å². The molecule has 2 unspecified atom stereocenters. The first kappa shape index (κ1) is 22.6. The Morgan fingerprint density at radius 2 is 1.93 bits per heavy atom. The summed E-state index contributed by atoms with van der Waals surface area (Å²) >= 11 is 0. The molecule has 3 heterocycles. The number of hydrogen-bond acceptors (Lipinski definition) is 6. The Labute approximate surface area is 171 Å². The molecule has 2 fully saturated rings. The number of morpholine rings is 1. The van der Waals surface area contributed by atoms with Crippen molar-refractivity contribution in [2.45, 2.75) is 45.4 Å². The topological polar surface area (TPSA) is 112 Å². The minimum atomic E-state index is -0.601. The smallest absolute Gasteiger partial charge is 0.244 e. The van der Waals surface area contributed by atoms with Crippen molar-refractivity contribution in [1.29, 1.82) is 0 Å². The van der Waals surface area contributed by atoms with Crippen molar-refractivity contribution < 1.29 is 19.1 Å². The van der Waals surface area contributed by atoms with Gasteiger partial charge in [0.15, 0.2) is 0 Å². The molecule has 0 radical (unpaired) electrons. The molecule has 10 heteroatoms. The number of carbonyl (C=O) groups is 2. The summed E-state index contributed by atoms with van der Waals surface area (Å²) in [6.07, 6.45) is 4.49. The molecule has 3 rings (SSSR count). The van der Waals surface area contributed by atoms with E-state index in [2.05, 4.69) is 10.4 Å². The molecular formula is C18H30ClN5O4. The number of anilines is 1. The van der Waals surface area contributed by atoms with Crippen molar-refractivity contribution in [3.05, 3.63) is 12.4 Å². The van der Waals surface area contributed by atoms with Crippen LogP contribution in [-0.2, 0) is 25.6 Å². The van der Waals surface area contributed by atoms with Gasteiger partial charge in [0, 0.05) is 39.0 Å². The Bertz CT molecular complexity index is 667. The lowest BCUT2D eigenvalue weighted by Crippen LogP contribution is -2.49. The number of nitrogens with zero attached hydrogens (tertiary/aromatic N) is 3. The maximum atomic E-state index is 12.7. The second kappa shape index (κ2) is 9.69. The fourth-order valence-corrected chi connectivity index (χ4v) is 3.68. The third-order valence-electron chi connectivity index (χ3n) is 5.28. The number of aromatic nitrogens is 2. The van der Waals surface area contributed by atoms with E-state index < -0.39 is 5.41 Å². The standard InChI is InChI=1S/C18H29N5O4.ClH/c1-13-8-22(9-14(2)27-13)16(24)11-23-10-15(7-20-23)21-17(25)18(12-19)3-5-26-6-4-18;/h7,10,13-14H,3-6,8-9,11-12,19H2,1-2H3,(H,21,25);1H. The van der Waals surface area contributed by atoms with Gasteiger partial charge in [-0.25, -0.2) is 0 Å². The van der Waals surface area contributed by atoms with E-state index >= 15 is 0 Å². The lowest BCUT2D eigenvalue weighted by Gasteiger charge is -2.35. The third-order valence-corrected chi connectivity index (χ3v) is 5.28. The normalized spacial score (nSPS) is 24.3. The molecule has 28 heavy (non-hydrogen) atoms. The molecule has 0 spiro atoms. The minimum absolute atomic E-state index is 0. The van der Waals surface area contributed by atoms with Gasteiger partial charge in [-0.05, 0) is 26.7 Å². The second-order valence-electron chi connectivity index (χ2n) is 7.53. The van der Waals surface area contributed by atoms with Crippen LogP contribution < -0.4 is 11.1 Å². The van der Waals surface area contributed by atoms with Crippen LogP contribution in [0, 0.1) is 5.41 Å². The van der Waals surface area contributed by atoms with Crippen LogP contribution in [0.15, 0.2) is 12.4 Å². The highest BCUT2D eigenvalue weighted by molar-refractivity contribution is 5.95. The van der Waals surface area contributed by atoms with Gasteiger partial charge in [0.2, 0.25) is 11.8 Å². The zero-order valence-corrected chi connectivity index (χ0v) is 17.2. The Hall–Kier alpha value is -1.68. The summed E-state index contributed by atoms with van der Waals surface area (Å²) in [6.45, 7) is 6.56. The van der Waals surface area contributed by atoms with E-state index in [-0.39, 0.29) is 49.5 Å². The van der Waals surface area contributed by atoms with Crippen LogP contribution in [0.1, 0.15) is 26.7 Å². The molecule has 0 aromatic carbocycles. The summed E-state index contributed by atoms with van der Waals surface area (Å²) in [5, 5.41) is 7.09. The van der Waals surface area contributed by atoms with E-state index in [9.17, 15) is 9.59 Å². The zero-order valence-electron chi connectivity index (χ0n) is 16.4. The molecule has 2 aliphatic rings. The molecule has 1 aromatic rings. The van der Waals surface area contributed by atoms with E-state index in [0.29, 0.717) is 44.8 Å². The molecule has 158 valence electrons. The van der Waals surface area contributed by atoms with Crippen molar-refractivity contribution >= 4 is 29.9 Å². The van der Waals surface area contributed by atoms with E-state index in [1.54, 1.807) is 22.0 Å². The average molecular weight is 416 g/mol. The Kier molecular flexibility index (Phi) is 7.82. The molecule has 1 aromatic heterocycles. The second-order valence-corrected chi connectivity index (χ2v) is 7.53.